The van der Waals surface area contributed by atoms with E-state index in [4.69, 9.17) is 0 Å². The van der Waals surface area contributed by atoms with Gasteiger partial charge >= 0.3 is 0 Å². The van der Waals surface area contributed by atoms with Gasteiger partial charge in [-0.1, -0.05) is 12.2 Å². The van der Waals surface area contributed by atoms with Crippen LogP contribution >= 0.6 is 0 Å². The molecule has 1 aliphatic carbocycles. The van der Waals surface area contributed by atoms with Crippen molar-refractivity contribution in [3.8, 4) is 0 Å². The minimum Gasteiger partial charge on any atom is -0.325 e. The van der Waals surface area contributed by atoms with E-state index in [0.29, 0.717) is 18.0 Å². The molecule has 1 amide bonds. The maximum absolute atomic E-state index is 11.8. The highest BCUT2D eigenvalue weighted by Crippen LogP contribution is 2.21. The summed E-state index contributed by atoms with van der Waals surface area (Å²) in [4.78, 5) is 15.6. The molecule has 1 aromatic heterocycles. The third-order valence-corrected chi connectivity index (χ3v) is 3.96. The van der Waals surface area contributed by atoms with Crippen molar-refractivity contribution in [3.63, 3.8) is 0 Å². The standard InChI is InChI=1S/C13H16N2O3S/c1-19(17,18)13-7-6-11(9-14-13)15-12(16)8-10-4-2-3-5-10/h2,4,6-7,9-10H,3,5,8H2,1H3,(H,15,16)/t10-/m1/s1. The first kappa shape index (κ1) is 13.7. The number of amides is 1. The number of aromatic nitrogens is 1. The van der Waals surface area contributed by atoms with E-state index < -0.39 is 9.84 Å². The van der Waals surface area contributed by atoms with E-state index in [2.05, 4.69) is 22.5 Å². The van der Waals surface area contributed by atoms with Crippen LogP contribution in [0.5, 0.6) is 0 Å². The Balaban J connectivity index is 1.95. The molecule has 5 nitrogen and oxygen atoms in total. The summed E-state index contributed by atoms with van der Waals surface area (Å²) in [6, 6.07) is 2.94. The number of nitrogens with one attached hydrogen (secondary N) is 1. The number of rotatable bonds is 4. The Labute approximate surface area is 112 Å². The third-order valence-electron chi connectivity index (χ3n) is 2.96. The lowest BCUT2D eigenvalue weighted by Gasteiger charge is -2.08. The van der Waals surface area contributed by atoms with Crippen LogP contribution in [0.3, 0.4) is 0 Å². The van der Waals surface area contributed by atoms with Crippen LogP contribution < -0.4 is 5.32 Å². The van der Waals surface area contributed by atoms with Crippen molar-refractivity contribution in [1.82, 2.24) is 4.98 Å². The molecular formula is C13H16N2O3S. The summed E-state index contributed by atoms with van der Waals surface area (Å²) in [6.45, 7) is 0. The van der Waals surface area contributed by atoms with Crippen LogP contribution in [0.2, 0.25) is 0 Å². The van der Waals surface area contributed by atoms with Gasteiger partial charge in [-0.25, -0.2) is 13.4 Å². The van der Waals surface area contributed by atoms with Crippen LogP contribution in [0.25, 0.3) is 0 Å². The zero-order valence-electron chi connectivity index (χ0n) is 10.7. The van der Waals surface area contributed by atoms with Gasteiger partial charge in [-0.3, -0.25) is 4.79 Å². The molecule has 1 aliphatic rings. The van der Waals surface area contributed by atoms with Crippen LogP contribution in [0.4, 0.5) is 5.69 Å². The van der Waals surface area contributed by atoms with Crippen LogP contribution in [-0.2, 0) is 14.6 Å². The first-order chi connectivity index (χ1) is 8.95. The van der Waals surface area contributed by atoms with Crippen molar-refractivity contribution in [3.05, 3.63) is 30.5 Å². The van der Waals surface area contributed by atoms with Crippen LogP contribution in [-0.4, -0.2) is 25.6 Å². The van der Waals surface area contributed by atoms with Crippen LogP contribution in [0.1, 0.15) is 19.3 Å². The maximum atomic E-state index is 11.8. The monoisotopic (exact) mass is 280 g/mol. The average molecular weight is 280 g/mol. The normalized spacial score (nSPS) is 18.5. The number of nitrogens with zero attached hydrogens (tertiary/aromatic N) is 1. The third kappa shape index (κ3) is 3.89. The van der Waals surface area contributed by atoms with Crippen molar-refractivity contribution in [2.45, 2.75) is 24.3 Å². The molecular weight excluding hydrogens is 264 g/mol. The highest BCUT2D eigenvalue weighted by atomic mass is 32.2. The lowest BCUT2D eigenvalue weighted by Crippen LogP contribution is -2.15. The van der Waals surface area contributed by atoms with Crippen molar-refractivity contribution in [1.29, 1.82) is 0 Å². The van der Waals surface area contributed by atoms with Crippen LogP contribution in [0.15, 0.2) is 35.5 Å². The van der Waals surface area contributed by atoms with E-state index >= 15 is 0 Å². The Morgan fingerprint density at radius 1 is 1.47 bits per heavy atom. The molecule has 0 bridgehead atoms. The predicted molar refractivity (Wildman–Crippen MR) is 72.5 cm³/mol. The van der Waals surface area contributed by atoms with Gasteiger partial charge in [-0.05, 0) is 30.9 Å². The summed E-state index contributed by atoms with van der Waals surface area (Å²) in [7, 11) is -3.30. The van der Waals surface area contributed by atoms with E-state index in [-0.39, 0.29) is 10.9 Å². The second kappa shape index (κ2) is 5.52. The average Bonchev–Trinajstić information content (AvgIpc) is 2.81. The number of carbonyl (C=O) groups is 1. The molecule has 1 N–H and O–H groups in total. The van der Waals surface area contributed by atoms with Gasteiger partial charge in [-0.15, -0.1) is 0 Å². The van der Waals surface area contributed by atoms with Crippen molar-refractivity contribution in [2.24, 2.45) is 5.92 Å². The second-order valence-electron chi connectivity index (χ2n) is 4.68. The van der Waals surface area contributed by atoms with Crippen molar-refractivity contribution in [2.75, 3.05) is 11.6 Å². The molecule has 1 aromatic rings. The van der Waals surface area contributed by atoms with Crippen molar-refractivity contribution < 1.29 is 13.2 Å². The fourth-order valence-corrected chi connectivity index (χ4v) is 2.55. The van der Waals surface area contributed by atoms with Gasteiger partial charge in [0.25, 0.3) is 0 Å². The first-order valence-corrected chi connectivity index (χ1v) is 7.97. The number of pyridine rings is 1. The summed E-state index contributed by atoms with van der Waals surface area (Å²) in [6.07, 6.45) is 9.09. The molecule has 0 aromatic carbocycles. The number of sulfone groups is 1. The number of carbonyl (C=O) groups excluding carboxylic acids is 1. The molecule has 0 aliphatic heterocycles. The van der Waals surface area contributed by atoms with E-state index in [1.165, 1.54) is 12.3 Å². The van der Waals surface area contributed by atoms with E-state index in [9.17, 15) is 13.2 Å². The molecule has 0 radical (unpaired) electrons. The molecule has 0 unspecified atom stereocenters. The Kier molecular flexibility index (Phi) is 3.99. The number of allylic oxidation sites excluding steroid dienone is 2. The van der Waals surface area contributed by atoms with Gasteiger partial charge in [-0.2, -0.15) is 0 Å². The van der Waals surface area contributed by atoms with E-state index in [1.807, 2.05) is 0 Å². The first-order valence-electron chi connectivity index (χ1n) is 6.08. The predicted octanol–water partition coefficient (Wildman–Crippen LogP) is 1.78. The quantitative estimate of drug-likeness (QED) is 0.853. The number of hydrogen-bond donors (Lipinski definition) is 1. The molecule has 2 rings (SSSR count). The molecule has 102 valence electrons. The van der Waals surface area contributed by atoms with Crippen molar-refractivity contribution >= 4 is 21.4 Å². The van der Waals surface area contributed by atoms with Gasteiger partial charge in [0.1, 0.15) is 0 Å². The van der Waals surface area contributed by atoms with Gasteiger partial charge in [0.2, 0.25) is 5.91 Å². The maximum Gasteiger partial charge on any atom is 0.225 e. The summed E-state index contributed by atoms with van der Waals surface area (Å²) in [5.74, 6) is 0.230. The Morgan fingerprint density at radius 2 is 2.26 bits per heavy atom. The summed E-state index contributed by atoms with van der Waals surface area (Å²) < 4.78 is 22.5. The summed E-state index contributed by atoms with van der Waals surface area (Å²) in [5.41, 5.74) is 0.513. The van der Waals surface area contributed by atoms with Gasteiger partial charge in [0.05, 0.1) is 11.9 Å². The van der Waals surface area contributed by atoms with Gasteiger partial charge in [0, 0.05) is 12.7 Å². The smallest absolute Gasteiger partial charge is 0.225 e. The van der Waals surface area contributed by atoms with Crippen LogP contribution in [0, 0.1) is 5.92 Å². The highest BCUT2D eigenvalue weighted by Gasteiger charge is 2.14. The fraction of sp³-hybridized carbons (Fsp3) is 0.385. The topological polar surface area (TPSA) is 76.1 Å². The SMILES string of the molecule is CS(=O)(=O)c1ccc(NC(=O)C[C@@H]2C=CCC2)cn1. The number of anilines is 1. The lowest BCUT2D eigenvalue weighted by atomic mass is 10.1. The summed E-state index contributed by atoms with van der Waals surface area (Å²) in [5, 5.41) is 2.72. The Hall–Kier alpha value is -1.69. The molecule has 1 atom stereocenters. The van der Waals surface area contributed by atoms with Gasteiger partial charge < -0.3 is 5.32 Å². The molecule has 6 heteroatoms. The summed E-state index contributed by atoms with van der Waals surface area (Å²) >= 11 is 0. The molecule has 0 spiro atoms. The Bertz CT molecular complexity index is 591. The zero-order valence-corrected chi connectivity index (χ0v) is 11.5. The highest BCUT2D eigenvalue weighted by molar-refractivity contribution is 7.90. The van der Waals surface area contributed by atoms with Gasteiger partial charge in [0.15, 0.2) is 14.9 Å². The Morgan fingerprint density at radius 3 is 2.79 bits per heavy atom. The second-order valence-corrected chi connectivity index (χ2v) is 6.64. The zero-order chi connectivity index (χ0) is 13.9. The molecule has 0 saturated carbocycles. The minimum absolute atomic E-state index is 0.00391. The molecule has 0 fully saturated rings. The van der Waals surface area contributed by atoms with E-state index in [0.717, 1.165) is 19.1 Å². The minimum atomic E-state index is -3.30. The molecule has 1 heterocycles. The molecule has 0 saturated heterocycles. The molecule has 19 heavy (non-hydrogen) atoms. The lowest BCUT2D eigenvalue weighted by molar-refractivity contribution is -0.116. The fourth-order valence-electron chi connectivity index (χ4n) is 1.99. The van der Waals surface area contributed by atoms with E-state index in [1.54, 1.807) is 6.07 Å². The number of hydrogen-bond acceptors (Lipinski definition) is 4. The largest absolute Gasteiger partial charge is 0.325 e.